The number of halogens is 1. The second-order valence-electron chi connectivity index (χ2n) is 3.29. The Labute approximate surface area is 69.2 Å². The van der Waals surface area contributed by atoms with Crippen LogP contribution in [0.3, 0.4) is 0 Å². The van der Waals surface area contributed by atoms with Crippen molar-refractivity contribution in [3.8, 4) is 0 Å². The lowest BCUT2D eigenvalue weighted by Gasteiger charge is -2.26. The number of hydrogen-bond acceptors (Lipinski definition) is 1. The minimum atomic E-state index is 0. The molecule has 0 aliphatic carbocycles. The fourth-order valence-corrected chi connectivity index (χ4v) is 1.17. The van der Waals surface area contributed by atoms with Crippen LogP contribution in [0.25, 0.3) is 0 Å². The number of nitrogens with zero attached hydrogens (tertiary/aromatic N) is 1. The van der Waals surface area contributed by atoms with Crippen LogP contribution in [0.2, 0.25) is 0 Å². The number of epoxide rings is 1. The molecule has 0 radical (unpaired) electrons. The van der Waals surface area contributed by atoms with E-state index in [1.165, 1.54) is 13.0 Å². The molecule has 10 heavy (non-hydrogen) atoms. The number of rotatable bonds is 3. The summed E-state index contributed by atoms with van der Waals surface area (Å²) >= 11 is 0. The third-order valence-electron chi connectivity index (χ3n) is 1.90. The zero-order valence-electron chi connectivity index (χ0n) is 6.93. The monoisotopic (exact) mass is 165 g/mol. The van der Waals surface area contributed by atoms with E-state index in [4.69, 9.17) is 4.74 Å². The third-order valence-corrected chi connectivity index (χ3v) is 1.90. The number of quaternary nitrogens is 1. The Balaban J connectivity index is 0.000000810. The van der Waals surface area contributed by atoms with Gasteiger partial charge in [-0.05, 0) is 6.42 Å². The van der Waals surface area contributed by atoms with Crippen LogP contribution in [0.1, 0.15) is 13.3 Å². The van der Waals surface area contributed by atoms with Gasteiger partial charge in [0.15, 0.2) is 0 Å². The van der Waals surface area contributed by atoms with E-state index in [1.807, 2.05) is 0 Å². The Morgan fingerprint density at radius 1 is 1.50 bits per heavy atom. The highest BCUT2D eigenvalue weighted by Gasteiger charge is 2.38. The van der Waals surface area contributed by atoms with Crippen molar-refractivity contribution in [2.75, 3.05) is 27.2 Å². The molecule has 0 spiro atoms. The molecule has 2 nitrogen and oxygen atoms in total. The van der Waals surface area contributed by atoms with E-state index < -0.39 is 0 Å². The molecule has 1 atom stereocenters. The van der Waals surface area contributed by atoms with Crippen LogP contribution in [0, 0.1) is 0 Å². The van der Waals surface area contributed by atoms with Crippen molar-refractivity contribution in [3.05, 3.63) is 0 Å². The molecule has 1 fully saturated rings. The maximum absolute atomic E-state index is 5.20. The van der Waals surface area contributed by atoms with Crippen LogP contribution in [-0.2, 0) is 4.74 Å². The molecule has 1 aliphatic heterocycles. The highest BCUT2D eigenvalue weighted by molar-refractivity contribution is 4.55. The van der Waals surface area contributed by atoms with Crippen molar-refractivity contribution in [3.63, 3.8) is 0 Å². The molecule has 0 amide bonds. The predicted molar refractivity (Wildman–Crippen MR) is 37.0 cm³/mol. The maximum atomic E-state index is 5.20. The fourth-order valence-electron chi connectivity index (χ4n) is 1.17. The molecule has 0 aromatic rings. The van der Waals surface area contributed by atoms with E-state index in [0.717, 1.165) is 11.1 Å². The van der Waals surface area contributed by atoms with Gasteiger partial charge in [-0.3, -0.25) is 0 Å². The molecule has 1 aliphatic rings. The van der Waals surface area contributed by atoms with Gasteiger partial charge in [0.1, 0.15) is 6.61 Å². The summed E-state index contributed by atoms with van der Waals surface area (Å²) in [5.41, 5.74) is 0. The first kappa shape index (κ1) is 10.2. The van der Waals surface area contributed by atoms with Crippen molar-refractivity contribution < 1.29 is 21.6 Å². The van der Waals surface area contributed by atoms with Gasteiger partial charge in [-0.25, -0.2) is 0 Å². The van der Waals surface area contributed by atoms with Crippen LogP contribution < -0.4 is 12.4 Å². The topological polar surface area (TPSA) is 12.5 Å². The molecule has 1 saturated heterocycles. The Morgan fingerprint density at radius 3 is 2.30 bits per heavy atom. The van der Waals surface area contributed by atoms with Crippen molar-refractivity contribution in [2.24, 2.45) is 0 Å². The first-order valence-corrected chi connectivity index (χ1v) is 3.61. The minimum absolute atomic E-state index is 0. The molecule has 0 bridgehead atoms. The lowest BCUT2D eigenvalue weighted by Crippen LogP contribution is -3.00. The molecule has 1 unspecified atom stereocenters. The zero-order chi connectivity index (χ0) is 6.91. The molecular formula is C7H16ClNO. The first-order chi connectivity index (χ1) is 4.17. The minimum Gasteiger partial charge on any atom is -1.00 e. The second kappa shape index (κ2) is 3.56. The van der Waals surface area contributed by atoms with Gasteiger partial charge in [-0.1, -0.05) is 6.92 Å². The van der Waals surface area contributed by atoms with Crippen LogP contribution in [0.15, 0.2) is 0 Å². The summed E-state index contributed by atoms with van der Waals surface area (Å²) in [6.45, 7) is 4.40. The average molecular weight is 166 g/mol. The van der Waals surface area contributed by atoms with Crippen LogP contribution >= 0.6 is 0 Å². The molecule has 0 aromatic heterocycles. The van der Waals surface area contributed by atoms with E-state index in [-0.39, 0.29) is 12.4 Å². The zero-order valence-corrected chi connectivity index (χ0v) is 7.69. The predicted octanol–water partition coefficient (Wildman–Crippen LogP) is -2.17. The summed E-state index contributed by atoms with van der Waals surface area (Å²) in [5, 5.41) is 0. The van der Waals surface area contributed by atoms with E-state index >= 15 is 0 Å². The summed E-state index contributed by atoms with van der Waals surface area (Å²) in [6.07, 6.45) is 1.75. The van der Waals surface area contributed by atoms with Crippen LogP contribution in [0.4, 0.5) is 0 Å². The average Bonchev–Trinajstić information content (AvgIpc) is 2.41. The molecule has 3 heteroatoms. The van der Waals surface area contributed by atoms with E-state index in [1.54, 1.807) is 0 Å². The lowest BCUT2D eigenvalue weighted by molar-refractivity contribution is -0.910. The lowest BCUT2D eigenvalue weighted by atomic mass is 10.4. The van der Waals surface area contributed by atoms with Crippen LogP contribution in [0.5, 0.6) is 0 Å². The number of hydrogen-bond donors (Lipinski definition) is 0. The first-order valence-electron chi connectivity index (χ1n) is 3.61. The quantitative estimate of drug-likeness (QED) is 0.343. The molecule has 1 rings (SSSR count). The Kier molecular flexibility index (Phi) is 3.63. The summed E-state index contributed by atoms with van der Waals surface area (Å²) in [7, 11) is 4.45. The highest BCUT2D eigenvalue weighted by atomic mass is 35.5. The normalized spacial score (nSPS) is 23.7. The van der Waals surface area contributed by atoms with Gasteiger partial charge in [0.05, 0.1) is 20.6 Å². The molecule has 62 valence electrons. The van der Waals surface area contributed by atoms with Crippen molar-refractivity contribution in [1.29, 1.82) is 0 Å². The van der Waals surface area contributed by atoms with Gasteiger partial charge in [0, 0.05) is 0 Å². The Hall–Kier alpha value is 0.210. The summed E-state index contributed by atoms with van der Waals surface area (Å²) < 4.78 is 6.24. The van der Waals surface area contributed by atoms with Crippen molar-refractivity contribution in [2.45, 2.75) is 19.6 Å². The van der Waals surface area contributed by atoms with E-state index in [9.17, 15) is 0 Å². The van der Waals surface area contributed by atoms with Crippen molar-refractivity contribution >= 4 is 0 Å². The molecule has 0 N–H and O–H groups in total. The SMILES string of the molecule is CCC[N+](C)(C)C1CO1.[Cl-]. The summed E-state index contributed by atoms with van der Waals surface area (Å²) in [4.78, 5) is 0. The summed E-state index contributed by atoms with van der Waals surface area (Å²) in [6, 6.07) is 0. The molecule has 1 heterocycles. The van der Waals surface area contributed by atoms with Gasteiger partial charge in [0.25, 0.3) is 0 Å². The van der Waals surface area contributed by atoms with Gasteiger partial charge < -0.3 is 21.6 Å². The third kappa shape index (κ3) is 2.45. The van der Waals surface area contributed by atoms with Crippen molar-refractivity contribution in [1.82, 2.24) is 0 Å². The Bertz CT molecular complexity index is 102. The number of ether oxygens (including phenoxy) is 1. The largest absolute Gasteiger partial charge is 1.00 e. The van der Waals surface area contributed by atoms with Gasteiger partial charge in [-0.2, -0.15) is 0 Å². The standard InChI is InChI=1S/C7H16NO.ClH/c1-4-5-8(2,3)7-6-9-7;/h7H,4-6H2,1-3H3;1H/q+1;/p-1. The van der Waals surface area contributed by atoms with Gasteiger partial charge in [0.2, 0.25) is 6.23 Å². The summed E-state index contributed by atoms with van der Waals surface area (Å²) in [5.74, 6) is 0. The molecule has 0 aromatic carbocycles. The highest BCUT2D eigenvalue weighted by Crippen LogP contribution is 2.20. The van der Waals surface area contributed by atoms with E-state index in [2.05, 4.69) is 21.0 Å². The van der Waals surface area contributed by atoms with Gasteiger partial charge in [-0.15, -0.1) is 0 Å². The molecule has 0 saturated carbocycles. The van der Waals surface area contributed by atoms with Crippen LogP contribution in [-0.4, -0.2) is 38.0 Å². The second-order valence-corrected chi connectivity index (χ2v) is 3.29. The van der Waals surface area contributed by atoms with Gasteiger partial charge >= 0.3 is 0 Å². The number of likely N-dealkylation sites (N-methyl/N-ethyl adjacent to an activating group) is 1. The Morgan fingerprint density at radius 2 is 2.00 bits per heavy atom. The maximum Gasteiger partial charge on any atom is 0.217 e. The smallest absolute Gasteiger partial charge is 0.217 e. The fraction of sp³-hybridized carbons (Fsp3) is 1.00. The van der Waals surface area contributed by atoms with E-state index in [0.29, 0.717) is 6.23 Å². The molecular weight excluding hydrogens is 150 g/mol.